The summed E-state index contributed by atoms with van der Waals surface area (Å²) < 4.78 is 0. The van der Waals surface area contributed by atoms with Crippen molar-refractivity contribution < 1.29 is 0 Å². The number of nitrogens with one attached hydrogen (secondary N) is 1. The molecule has 0 unspecified atom stereocenters. The lowest BCUT2D eigenvalue weighted by atomic mass is 9.96. The summed E-state index contributed by atoms with van der Waals surface area (Å²) in [7, 11) is 3.96. The Bertz CT molecular complexity index is 315. The van der Waals surface area contributed by atoms with Gasteiger partial charge in [-0.1, -0.05) is 26.8 Å². The number of anilines is 2. The third-order valence-electron chi connectivity index (χ3n) is 2.09. The smallest absolute Gasteiger partial charge is 0.130 e. The molecule has 0 saturated carbocycles. The molecular weight excluding hydrogens is 186 g/mol. The first-order valence-corrected chi connectivity index (χ1v) is 5.28. The molecule has 0 aliphatic carbocycles. The van der Waals surface area contributed by atoms with E-state index >= 15 is 0 Å². The van der Waals surface area contributed by atoms with E-state index in [9.17, 15) is 0 Å². The maximum Gasteiger partial charge on any atom is 0.130 e. The van der Waals surface area contributed by atoms with Crippen LogP contribution < -0.4 is 10.2 Å². The van der Waals surface area contributed by atoms with E-state index in [0.717, 1.165) is 18.2 Å². The predicted molar refractivity (Wildman–Crippen MR) is 66.5 cm³/mol. The van der Waals surface area contributed by atoms with E-state index in [1.54, 1.807) is 0 Å². The molecule has 1 aromatic heterocycles. The molecule has 0 spiro atoms. The molecule has 0 aromatic carbocycles. The Morgan fingerprint density at radius 2 is 2.00 bits per heavy atom. The quantitative estimate of drug-likeness (QED) is 0.825. The molecule has 0 aliphatic heterocycles. The third-order valence-corrected chi connectivity index (χ3v) is 2.09. The van der Waals surface area contributed by atoms with Gasteiger partial charge < -0.3 is 10.2 Å². The topological polar surface area (TPSA) is 28.2 Å². The SMILES string of the molecule is CNc1cccc(N(C)CC(C)(C)C)n1. The van der Waals surface area contributed by atoms with Gasteiger partial charge in [-0.2, -0.15) is 0 Å². The highest BCUT2D eigenvalue weighted by Gasteiger charge is 2.14. The second kappa shape index (κ2) is 4.51. The summed E-state index contributed by atoms with van der Waals surface area (Å²) in [6.07, 6.45) is 0. The Morgan fingerprint density at radius 1 is 1.33 bits per heavy atom. The molecule has 0 bridgehead atoms. The first-order valence-electron chi connectivity index (χ1n) is 5.28. The van der Waals surface area contributed by atoms with Crippen LogP contribution in [0.15, 0.2) is 18.2 Å². The minimum Gasteiger partial charge on any atom is -0.373 e. The van der Waals surface area contributed by atoms with Gasteiger partial charge in [-0.3, -0.25) is 0 Å². The van der Waals surface area contributed by atoms with Gasteiger partial charge in [0.25, 0.3) is 0 Å². The maximum absolute atomic E-state index is 4.49. The van der Waals surface area contributed by atoms with Gasteiger partial charge in [-0.15, -0.1) is 0 Å². The van der Waals surface area contributed by atoms with Crippen LogP contribution in [0.2, 0.25) is 0 Å². The number of hydrogen-bond acceptors (Lipinski definition) is 3. The van der Waals surface area contributed by atoms with E-state index in [-0.39, 0.29) is 5.41 Å². The van der Waals surface area contributed by atoms with Gasteiger partial charge in [0.05, 0.1) is 0 Å². The average molecular weight is 207 g/mol. The molecule has 84 valence electrons. The van der Waals surface area contributed by atoms with E-state index in [1.165, 1.54) is 0 Å². The Morgan fingerprint density at radius 3 is 2.53 bits per heavy atom. The third kappa shape index (κ3) is 3.78. The second-order valence-corrected chi connectivity index (χ2v) is 5.05. The van der Waals surface area contributed by atoms with Crippen molar-refractivity contribution in [2.75, 3.05) is 30.9 Å². The minimum absolute atomic E-state index is 0.284. The van der Waals surface area contributed by atoms with Crippen molar-refractivity contribution in [2.45, 2.75) is 20.8 Å². The number of rotatable bonds is 3. The predicted octanol–water partition coefficient (Wildman–Crippen LogP) is 2.61. The largest absolute Gasteiger partial charge is 0.373 e. The first-order chi connectivity index (χ1) is 6.92. The van der Waals surface area contributed by atoms with Crippen molar-refractivity contribution in [1.82, 2.24) is 4.98 Å². The Labute approximate surface area is 92.5 Å². The molecule has 15 heavy (non-hydrogen) atoms. The molecule has 1 rings (SSSR count). The van der Waals surface area contributed by atoms with Crippen molar-refractivity contribution in [3.05, 3.63) is 18.2 Å². The van der Waals surface area contributed by atoms with Gasteiger partial charge in [0, 0.05) is 20.6 Å². The van der Waals surface area contributed by atoms with Gasteiger partial charge in [-0.05, 0) is 17.5 Å². The summed E-state index contributed by atoms with van der Waals surface area (Å²) in [4.78, 5) is 6.67. The summed E-state index contributed by atoms with van der Waals surface area (Å²) in [5.41, 5.74) is 0.284. The summed E-state index contributed by atoms with van der Waals surface area (Å²) in [6.45, 7) is 7.68. The fourth-order valence-electron chi connectivity index (χ4n) is 1.57. The number of aromatic nitrogens is 1. The molecule has 3 heteroatoms. The number of hydrogen-bond donors (Lipinski definition) is 1. The highest BCUT2D eigenvalue weighted by molar-refractivity contribution is 5.46. The van der Waals surface area contributed by atoms with Crippen LogP contribution in [-0.4, -0.2) is 25.6 Å². The summed E-state index contributed by atoms with van der Waals surface area (Å²) >= 11 is 0. The first kappa shape index (κ1) is 11.8. The van der Waals surface area contributed by atoms with Crippen LogP contribution in [0.1, 0.15) is 20.8 Å². The maximum atomic E-state index is 4.49. The van der Waals surface area contributed by atoms with Crippen molar-refractivity contribution >= 4 is 11.6 Å². The van der Waals surface area contributed by atoms with Gasteiger partial charge in [-0.25, -0.2) is 4.98 Å². The lowest BCUT2D eigenvalue weighted by Gasteiger charge is -2.27. The van der Waals surface area contributed by atoms with Gasteiger partial charge in [0.1, 0.15) is 11.6 Å². The fraction of sp³-hybridized carbons (Fsp3) is 0.583. The van der Waals surface area contributed by atoms with Crippen LogP contribution in [0, 0.1) is 5.41 Å². The van der Waals surface area contributed by atoms with Crippen molar-refractivity contribution in [3.63, 3.8) is 0 Å². The summed E-state index contributed by atoms with van der Waals surface area (Å²) in [5.74, 6) is 1.92. The Hall–Kier alpha value is -1.25. The van der Waals surface area contributed by atoms with Crippen LogP contribution >= 0.6 is 0 Å². The van der Waals surface area contributed by atoms with E-state index in [2.05, 4.69) is 43.0 Å². The van der Waals surface area contributed by atoms with E-state index in [1.807, 2.05) is 25.2 Å². The fourth-order valence-corrected chi connectivity index (χ4v) is 1.57. The molecule has 1 aromatic rings. The van der Waals surface area contributed by atoms with Crippen molar-refractivity contribution in [2.24, 2.45) is 5.41 Å². The second-order valence-electron chi connectivity index (χ2n) is 5.05. The average Bonchev–Trinajstić information content (AvgIpc) is 2.15. The molecule has 0 fully saturated rings. The van der Waals surface area contributed by atoms with Gasteiger partial charge in [0.2, 0.25) is 0 Å². The summed E-state index contributed by atoms with van der Waals surface area (Å²) in [6, 6.07) is 6.02. The molecule has 1 N–H and O–H groups in total. The van der Waals surface area contributed by atoms with Crippen LogP contribution in [0.3, 0.4) is 0 Å². The zero-order chi connectivity index (χ0) is 11.5. The Balaban J connectivity index is 2.77. The zero-order valence-electron chi connectivity index (χ0n) is 10.3. The number of pyridine rings is 1. The van der Waals surface area contributed by atoms with Crippen LogP contribution in [0.25, 0.3) is 0 Å². The highest BCUT2D eigenvalue weighted by Crippen LogP contribution is 2.19. The van der Waals surface area contributed by atoms with E-state index < -0.39 is 0 Å². The minimum atomic E-state index is 0.284. The lowest BCUT2D eigenvalue weighted by molar-refractivity contribution is 0.418. The molecular formula is C12H21N3. The molecule has 3 nitrogen and oxygen atoms in total. The normalized spacial score (nSPS) is 11.3. The Kier molecular flexibility index (Phi) is 3.56. The van der Waals surface area contributed by atoms with E-state index in [0.29, 0.717) is 0 Å². The monoisotopic (exact) mass is 207 g/mol. The van der Waals surface area contributed by atoms with Gasteiger partial charge in [0.15, 0.2) is 0 Å². The molecule has 0 aliphatic rings. The standard InChI is InChI=1S/C12H21N3/c1-12(2,3)9-15(5)11-8-6-7-10(13-4)14-11/h6-8H,9H2,1-5H3,(H,13,14). The lowest BCUT2D eigenvalue weighted by Crippen LogP contribution is -2.29. The van der Waals surface area contributed by atoms with Gasteiger partial charge >= 0.3 is 0 Å². The van der Waals surface area contributed by atoms with E-state index in [4.69, 9.17) is 0 Å². The molecule has 1 heterocycles. The molecule has 0 atom stereocenters. The molecule has 0 saturated heterocycles. The zero-order valence-corrected chi connectivity index (χ0v) is 10.3. The molecule has 0 radical (unpaired) electrons. The summed E-state index contributed by atoms with van der Waals surface area (Å²) in [5, 5.41) is 3.05. The van der Waals surface area contributed by atoms with Crippen molar-refractivity contribution in [3.8, 4) is 0 Å². The highest BCUT2D eigenvalue weighted by atomic mass is 15.2. The van der Waals surface area contributed by atoms with Crippen LogP contribution in [0.5, 0.6) is 0 Å². The van der Waals surface area contributed by atoms with Crippen molar-refractivity contribution in [1.29, 1.82) is 0 Å². The molecule has 0 amide bonds. The number of nitrogens with zero attached hydrogens (tertiary/aromatic N) is 2. The van der Waals surface area contributed by atoms with Crippen LogP contribution in [-0.2, 0) is 0 Å². The van der Waals surface area contributed by atoms with Crippen LogP contribution in [0.4, 0.5) is 11.6 Å².